The van der Waals surface area contributed by atoms with Crippen LogP contribution in [0.1, 0.15) is 94.5 Å². The number of nitrogens with zero attached hydrogens (tertiary/aromatic N) is 3. The molecule has 0 spiro atoms. The van der Waals surface area contributed by atoms with Crippen LogP contribution in [-0.2, 0) is 31.9 Å². The third-order valence-electron chi connectivity index (χ3n) is 9.37. The molecule has 0 N–H and O–H groups in total. The summed E-state index contributed by atoms with van der Waals surface area (Å²) in [7, 11) is -1.70. The summed E-state index contributed by atoms with van der Waals surface area (Å²) in [6, 6.07) is 24.9. The largest absolute Gasteiger partial charge is 0.500 e. The topological polar surface area (TPSA) is 51.8 Å². The first-order valence-electron chi connectivity index (χ1n) is 22.9. The van der Waals surface area contributed by atoms with Gasteiger partial charge in [0.2, 0.25) is 0 Å². The van der Waals surface area contributed by atoms with Crippen LogP contribution in [0.15, 0.2) is 95.8 Å². The molecule has 287 valence electrons. The summed E-state index contributed by atoms with van der Waals surface area (Å²) in [4.78, 5) is 13.4. The van der Waals surface area contributed by atoms with Crippen LogP contribution in [0.25, 0.3) is 55.6 Å². The summed E-state index contributed by atoms with van der Waals surface area (Å²) in [5.74, 6) is -0.892. The Balaban J connectivity index is 0.000000253. The zero-order valence-corrected chi connectivity index (χ0v) is 36.7. The Hall–Kier alpha value is -4.22. The number of aromatic nitrogens is 3. The van der Waals surface area contributed by atoms with E-state index >= 15 is 0 Å². The molecule has 0 atom stereocenters. The van der Waals surface area contributed by atoms with Gasteiger partial charge in [-0.2, -0.15) is 0 Å². The minimum Gasteiger partial charge on any atom is -0.500 e. The molecule has 0 unspecified atom stereocenters. The molecule has 0 aliphatic carbocycles. The van der Waals surface area contributed by atoms with Crippen molar-refractivity contribution < 1.29 is 36.9 Å². The molecule has 4 aromatic heterocycles. The van der Waals surface area contributed by atoms with Gasteiger partial charge in [0, 0.05) is 50.2 Å². The summed E-state index contributed by atoms with van der Waals surface area (Å²) >= 11 is 0. The van der Waals surface area contributed by atoms with E-state index in [-0.39, 0.29) is 42.6 Å². The van der Waals surface area contributed by atoms with Gasteiger partial charge < -0.3 is 19.4 Å². The number of rotatable bonds is 7. The molecule has 55 heavy (non-hydrogen) atoms. The first-order chi connectivity index (χ1) is 29.0. The maximum atomic E-state index is 8.67. The molecular weight excluding hydrogens is 867 g/mol. The second kappa shape index (κ2) is 16.9. The minimum atomic E-state index is -2.43. The second-order valence-corrected chi connectivity index (χ2v) is 21.4. The average molecular weight is 931 g/mol. The van der Waals surface area contributed by atoms with Crippen LogP contribution in [0, 0.1) is 31.9 Å². The second-order valence-electron chi connectivity index (χ2n) is 16.4. The van der Waals surface area contributed by atoms with Crippen LogP contribution in [0.4, 0.5) is 0 Å². The van der Waals surface area contributed by atoms with Gasteiger partial charge in [-0.05, 0) is 100.0 Å². The molecule has 0 bridgehead atoms. The predicted octanol–water partition coefficient (Wildman–Crippen LogP) is 12.8. The van der Waals surface area contributed by atoms with E-state index in [2.05, 4.69) is 73.7 Å². The van der Waals surface area contributed by atoms with Crippen molar-refractivity contribution in [3.8, 4) is 33.6 Å². The van der Waals surface area contributed by atoms with E-state index in [0.717, 1.165) is 38.3 Å². The third kappa shape index (κ3) is 9.60. The number of benzene rings is 3. The van der Waals surface area contributed by atoms with E-state index in [1.165, 1.54) is 23.9 Å². The Labute approximate surface area is 356 Å². The number of furan rings is 1. The molecule has 7 rings (SSSR count). The fraction of sp³-hybridized carbons (Fsp3) is 0.327. The molecule has 7 aromatic rings. The Morgan fingerprint density at radius 2 is 1.60 bits per heavy atom. The predicted molar refractivity (Wildman–Crippen MR) is 231 cm³/mol. The van der Waals surface area contributed by atoms with Gasteiger partial charge in [-0.3, -0.25) is 0 Å². The van der Waals surface area contributed by atoms with Gasteiger partial charge in [-0.25, -0.2) is 0 Å². The fourth-order valence-corrected chi connectivity index (χ4v) is 7.69. The zero-order chi connectivity index (χ0) is 46.7. The average Bonchev–Trinajstić information content (AvgIpc) is 3.57. The molecular formula is C49H55IrN3OSi-2. The monoisotopic (exact) mass is 931 g/mol. The Bertz CT molecular complexity index is 2760. The molecule has 0 amide bonds. The smallest absolute Gasteiger partial charge is 0.121 e. The fourth-order valence-electron chi connectivity index (χ4n) is 6.29. The van der Waals surface area contributed by atoms with Gasteiger partial charge in [0.1, 0.15) is 5.58 Å². The first-order valence-corrected chi connectivity index (χ1v) is 21.9. The number of fused-ring (bicyclic) bond motifs is 3. The van der Waals surface area contributed by atoms with Crippen LogP contribution < -0.4 is 5.19 Å². The molecule has 6 heteroatoms. The molecule has 4 heterocycles. The van der Waals surface area contributed by atoms with E-state index in [4.69, 9.17) is 16.8 Å². The Morgan fingerprint density at radius 3 is 2.22 bits per heavy atom. The number of hydrogen-bond acceptors (Lipinski definition) is 4. The molecule has 3 aromatic carbocycles. The van der Waals surface area contributed by atoms with E-state index < -0.39 is 34.0 Å². The van der Waals surface area contributed by atoms with Crippen LogP contribution in [0.5, 0.6) is 0 Å². The van der Waals surface area contributed by atoms with Gasteiger partial charge in [-0.15, -0.1) is 35.4 Å². The first kappa shape index (κ1) is 30.9. The summed E-state index contributed by atoms with van der Waals surface area (Å²) in [5, 5.41) is 2.69. The molecule has 4 nitrogen and oxygen atoms in total. The standard InChI is InChI=1S/C27H23N2O.C22H32NSi.Ir/c1-16(2)20-9-10-21-23-14-28-15-24(27(23)30-26(21)11-20)25-12-22(18(4)13-29-25)19-7-5-17(3)6-8-19;1-16(2)13-18-14-20(23-15-21(18)24(6,7)8)17-9-11-19(12-10-17)22(3,4)5;/h5-14,16H,1-4H3;9,11-12,14-16H,13H2,1-8H3;/q2*-1;/i3D3,4D3,16D;13D2;. The van der Waals surface area contributed by atoms with Gasteiger partial charge in [0.25, 0.3) is 0 Å². The van der Waals surface area contributed by atoms with Crippen LogP contribution in [-0.4, -0.2) is 23.0 Å². The Morgan fingerprint density at radius 1 is 0.855 bits per heavy atom. The van der Waals surface area contributed by atoms with Crippen molar-refractivity contribution in [2.24, 2.45) is 5.92 Å². The maximum Gasteiger partial charge on any atom is 0.121 e. The number of pyridine rings is 3. The van der Waals surface area contributed by atoms with Crippen LogP contribution in [0.3, 0.4) is 0 Å². The quantitative estimate of drug-likeness (QED) is 0.118. The Kier molecular flexibility index (Phi) is 9.49. The normalized spacial score (nSPS) is 15.2. The SMILES string of the molecule is [2H]C([2H])([2H])c1ccc(-c2cc(-c3[c-]ncc4c3oc3cc(C([2H])(C)C)ccc34)ncc2C([2H])([2H])[2H])cc1.[2H]C([2H])(c1cc(-c2[c-]cc(C(C)(C)C)cc2)ncc1[Si](C)(C)C)C(C)C.[Ir]. The van der Waals surface area contributed by atoms with Crippen LogP contribution in [0.2, 0.25) is 19.6 Å². The van der Waals surface area contributed by atoms with Crippen molar-refractivity contribution in [3.63, 3.8) is 0 Å². The minimum absolute atomic E-state index is 0. The zero-order valence-electron chi connectivity index (χ0n) is 42.3. The summed E-state index contributed by atoms with van der Waals surface area (Å²) in [5.41, 5.74) is 7.81. The van der Waals surface area contributed by atoms with Gasteiger partial charge in [-0.1, -0.05) is 133 Å². The number of hydrogen-bond donors (Lipinski definition) is 0. The summed E-state index contributed by atoms with van der Waals surface area (Å²) < 4.78 is 78.7. The van der Waals surface area contributed by atoms with Crippen molar-refractivity contribution in [2.75, 3.05) is 0 Å². The summed E-state index contributed by atoms with van der Waals surface area (Å²) in [6.07, 6.45) is 6.44. The van der Waals surface area contributed by atoms with Crippen molar-refractivity contribution in [2.45, 2.75) is 99.5 Å². The van der Waals surface area contributed by atoms with Crippen molar-refractivity contribution in [1.29, 1.82) is 0 Å². The van der Waals surface area contributed by atoms with E-state index in [0.29, 0.717) is 33.6 Å². The molecule has 1 radical (unpaired) electrons. The molecule has 0 saturated carbocycles. The molecule has 0 saturated heterocycles. The van der Waals surface area contributed by atoms with Crippen molar-refractivity contribution in [3.05, 3.63) is 131 Å². The van der Waals surface area contributed by atoms with E-state index in [1.807, 2.05) is 56.4 Å². The maximum absolute atomic E-state index is 8.67. The van der Waals surface area contributed by atoms with Gasteiger partial charge >= 0.3 is 0 Å². The van der Waals surface area contributed by atoms with E-state index in [9.17, 15) is 0 Å². The van der Waals surface area contributed by atoms with Gasteiger partial charge in [0.15, 0.2) is 0 Å². The summed E-state index contributed by atoms with van der Waals surface area (Å²) in [6.45, 7) is 16.1. The van der Waals surface area contributed by atoms with E-state index in [1.54, 1.807) is 38.2 Å². The molecule has 0 fully saturated rings. The number of aryl methyl sites for hydroxylation is 2. The third-order valence-corrected chi connectivity index (χ3v) is 11.4. The van der Waals surface area contributed by atoms with Crippen molar-refractivity contribution >= 4 is 35.2 Å². The van der Waals surface area contributed by atoms with Crippen LogP contribution >= 0.6 is 0 Å². The molecule has 0 aliphatic rings. The molecule has 0 aliphatic heterocycles. The van der Waals surface area contributed by atoms with Crippen molar-refractivity contribution in [1.82, 2.24) is 15.0 Å². The van der Waals surface area contributed by atoms with Gasteiger partial charge in [0.05, 0.1) is 13.7 Å².